The molecule has 0 aliphatic carbocycles. The fourth-order valence-electron chi connectivity index (χ4n) is 2.03. The van der Waals surface area contributed by atoms with Crippen LogP contribution in [-0.4, -0.2) is 23.1 Å². The van der Waals surface area contributed by atoms with Gasteiger partial charge in [-0.1, -0.05) is 30.3 Å². The molecule has 5 heteroatoms. The van der Waals surface area contributed by atoms with Gasteiger partial charge in [0.2, 0.25) is 5.95 Å². The predicted octanol–water partition coefficient (Wildman–Crippen LogP) is 2.41. The van der Waals surface area contributed by atoms with Crippen molar-refractivity contribution in [3.8, 4) is 5.75 Å². The second-order valence-electron chi connectivity index (χ2n) is 4.52. The third-order valence-electron chi connectivity index (χ3n) is 3.02. The van der Waals surface area contributed by atoms with Gasteiger partial charge in [-0.15, -0.1) is 0 Å². The highest BCUT2D eigenvalue weighted by atomic mass is 16.5. The Morgan fingerprint density at radius 3 is 2.67 bits per heavy atom. The third kappa shape index (κ3) is 3.20. The van der Waals surface area contributed by atoms with Gasteiger partial charge in [-0.05, 0) is 24.3 Å². The Morgan fingerprint density at radius 1 is 1.05 bits per heavy atom. The first-order valence-corrected chi connectivity index (χ1v) is 6.74. The van der Waals surface area contributed by atoms with E-state index < -0.39 is 0 Å². The lowest BCUT2D eigenvalue weighted by Gasteiger charge is -2.08. The molecule has 0 atom stereocenters. The molecule has 0 aliphatic heterocycles. The summed E-state index contributed by atoms with van der Waals surface area (Å²) < 4.78 is 5.56. The fourth-order valence-corrected chi connectivity index (χ4v) is 2.03. The Morgan fingerprint density at radius 2 is 1.81 bits per heavy atom. The molecule has 0 bridgehead atoms. The van der Waals surface area contributed by atoms with E-state index in [4.69, 9.17) is 4.74 Å². The first-order chi connectivity index (χ1) is 10.3. The Labute approximate surface area is 121 Å². The van der Waals surface area contributed by atoms with Crippen LogP contribution in [0.3, 0.4) is 0 Å². The molecule has 5 nitrogen and oxygen atoms in total. The molecule has 0 radical (unpaired) electrons. The van der Waals surface area contributed by atoms with Crippen molar-refractivity contribution in [1.29, 1.82) is 0 Å². The summed E-state index contributed by atoms with van der Waals surface area (Å²) in [6, 6.07) is 16.8. The quantitative estimate of drug-likeness (QED) is 0.705. The van der Waals surface area contributed by atoms with Crippen molar-refractivity contribution in [2.75, 3.05) is 18.5 Å². The van der Waals surface area contributed by atoms with Gasteiger partial charge in [0.25, 0.3) is 5.56 Å². The summed E-state index contributed by atoms with van der Waals surface area (Å²) in [5, 5.41) is 3.64. The van der Waals surface area contributed by atoms with E-state index in [2.05, 4.69) is 15.3 Å². The number of aromatic amines is 1. The Balaban J connectivity index is 1.62. The number of benzene rings is 2. The first-order valence-electron chi connectivity index (χ1n) is 6.74. The topological polar surface area (TPSA) is 67.0 Å². The van der Waals surface area contributed by atoms with Crippen LogP contribution in [-0.2, 0) is 0 Å². The Hall–Kier alpha value is -2.82. The van der Waals surface area contributed by atoms with Crippen LogP contribution < -0.4 is 15.6 Å². The van der Waals surface area contributed by atoms with Crippen molar-refractivity contribution in [1.82, 2.24) is 9.97 Å². The summed E-state index contributed by atoms with van der Waals surface area (Å²) >= 11 is 0. The molecule has 1 aromatic heterocycles. The van der Waals surface area contributed by atoms with Crippen LogP contribution in [0, 0.1) is 0 Å². The summed E-state index contributed by atoms with van der Waals surface area (Å²) in [5.41, 5.74) is 0.528. The lowest BCUT2D eigenvalue weighted by atomic mass is 10.2. The minimum Gasteiger partial charge on any atom is -0.492 e. The van der Waals surface area contributed by atoms with E-state index in [1.165, 1.54) is 0 Å². The minimum atomic E-state index is -0.146. The summed E-state index contributed by atoms with van der Waals surface area (Å²) in [5.74, 6) is 1.27. The highest BCUT2D eigenvalue weighted by Gasteiger charge is 2.02. The van der Waals surface area contributed by atoms with Crippen LogP contribution >= 0.6 is 0 Å². The largest absolute Gasteiger partial charge is 0.492 e. The second kappa shape index (κ2) is 6.09. The highest BCUT2D eigenvalue weighted by Crippen LogP contribution is 2.09. The van der Waals surface area contributed by atoms with Crippen molar-refractivity contribution < 1.29 is 4.74 Å². The molecule has 3 rings (SSSR count). The second-order valence-corrected chi connectivity index (χ2v) is 4.52. The molecule has 2 aromatic carbocycles. The van der Waals surface area contributed by atoms with Gasteiger partial charge in [0.1, 0.15) is 12.4 Å². The van der Waals surface area contributed by atoms with Crippen molar-refractivity contribution in [3.05, 3.63) is 65.0 Å². The average Bonchev–Trinajstić information content (AvgIpc) is 2.53. The molecule has 0 saturated carbocycles. The smallest absolute Gasteiger partial charge is 0.260 e. The van der Waals surface area contributed by atoms with Crippen LogP contribution in [0.1, 0.15) is 0 Å². The van der Waals surface area contributed by atoms with E-state index in [-0.39, 0.29) is 5.56 Å². The number of nitrogens with one attached hydrogen (secondary N) is 2. The van der Waals surface area contributed by atoms with Crippen molar-refractivity contribution >= 4 is 16.9 Å². The van der Waals surface area contributed by atoms with Gasteiger partial charge in [0, 0.05) is 0 Å². The minimum absolute atomic E-state index is 0.146. The molecule has 21 heavy (non-hydrogen) atoms. The number of fused-ring (bicyclic) bond motifs is 1. The van der Waals surface area contributed by atoms with Crippen LogP contribution in [0.25, 0.3) is 10.9 Å². The van der Waals surface area contributed by atoms with E-state index in [1.54, 1.807) is 6.07 Å². The van der Waals surface area contributed by atoms with Crippen molar-refractivity contribution in [2.24, 2.45) is 0 Å². The molecule has 0 saturated heterocycles. The zero-order valence-electron chi connectivity index (χ0n) is 11.4. The molecule has 0 spiro atoms. The predicted molar refractivity (Wildman–Crippen MR) is 82.8 cm³/mol. The molecule has 0 unspecified atom stereocenters. The maximum Gasteiger partial charge on any atom is 0.260 e. The van der Waals surface area contributed by atoms with Gasteiger partial charge >= 0.3 is 0 Å². The van der Waals surface area contributed by atoms with Crippen LogP contribution in [0.5, 0.6) is 5.75 Å². The Bertz CT molecular complexity index is 784. The van der Waals surface area contributed by atoms with E-state index in [1.807, 2.05) is 48.5 Å². The molecule has 1 heterocycles. The van der Waals surface area contributed by atoms with Crippen LogP contribution in [0.15, 0.2) is 59.4 Å². The maximum atomic E-state index is 11.9. The number of anilines is 1. The summed E-state index contributed by atoms with van der Waals surface area (Å²) in [7, 11) is 0. The molecule has 0 fully saturated rings. The SMILES string of the molecule is O=c1[nH]c(NCCOc2ccccc2)nc2ccccc12. The number of ether oxygens (including phenoxy) is 1. The summed E-state index contributed by atoms with van der Waals surface area (Å²) in [4.78, 5) is 19.0. The molecule has 2 N–H and O–H groups in total. The van der Waals surface area contributed by atoms with Gasteiger partial charge < -0.3 is 10.1 Å². The van der Waals surface area contributed by atoms with Crippen molar-refractivity contribution in [3.63, 3.8) is 0 Å². The number of nitrogens with zero attached hydrogens (tertiary/aromatic N) is 1. The Kier molecular flexibility index (Phi) is 3.82. The number of hydrogen-bond donors (Lipinski definition) is 2. The molecule has 0 amide bonds. The number of hydrogen-bond acceptors (Lipinski definition) is 4. The van der Waals surface area contributed by atoms with Gasteiger partial charge in [-0.3, -0.25) is 9.78 Å². The molecule has 106 valence electrons. The number of aromatic nitrogens is 2. The van der Waals surface area contributed by atoms with Gasteiger partial charge in [-0.25, -0.2) is 4.98 Å². The van der Waals surface area contributed by atoms with E-state index in [0.717, 1.165) is 5.75 Å². The van der Waals surface area contributed by atoms with Gasteiger partial charge in [0.15, 0.2) is 0 Å². The molecular weight excluding hydrogens is 266 g/mol. The van der Waals surface area contributed by atoms with Gasteiger partial charge in [0.05, 0.1) is 17.4 Å². The van der Waals surface area contributed by atoms with E-state index in [0.29, 0.717) is 30.0 Å². The summed E-state index contributed by atoms with van der Waals surface area (Å²) in [6.07, 6.45) is 0. The van der Waals surface area contributed by atoms with Crippen LogP contribution in [0.2, 0.25) is 0 Å². The molecule has 0 aliphatic rings. The standard InChI is InChI=1S/C16H15N3O2/c20-15-13-8-4-5-9-14(13)18-16(19-15)17-10-11-21-12-6-2-1-3-7-12/h1-9H,10-11H2,(H2,17,18,19,20). The van der Waals surface area contributed by atoms with Gasteiger partial charge in [-0.2, -0.15) is 0 Å². The zero-order chi connectivity index (χ0) is 14.5. The number of H-pyrrole nitrogens is 1. The third-order valence-corrected chi connectivity index (χ3v) is 3.02. The van der Waals surface area contributed by atoms with E-state index >= 15 is 0 Å². The molecule has 3 aromatic rings. The monoisotopic (exact) mass is 281 g/mol. The zero-order valence-corrected chi connectivity index (χ0v) is 11.4. The number of para-hydroxylation sites is 2. The average molecular weight is 281 g/mol. The fraction of sp³-hybridized carbons (Fsp3) is 0.125. The maximum absolute atomic E-state index is 11.9. The lowest BCUT2D eigenvalue weighted by molar-refractivity contribution is 0.332. The van der Waals surface area contributed by atoms with Crippen LogP contribution in [0.4, 0.5) is 5.95 Å². The molecular formula is C16H15N3O2. The lowest BCUT2D eigenvalue weighted by Crippen LogP contribution is -2.17. The highest BCUT2D eigenvalue weighted by molar-refractivity contribution is 5.78. The number of rotatable bonds is 5. The summed E-state index contributed by atoms with van der Waals surface area (Å²) in [6.45, 7) is 1.04. The first kappa shape index (κ1) is 13.2. The normalized spacial score (nSPS) is 10.5. The van der Waals surface area contributed by atoms with Crippen molar-refractivity contribution in [2.45, 2.75) is 0 Å². The van der Waals surface area contributed by atoms with E-state index in [9.17, 15) is 4.79 Å².